The molecule has 0 saturated carbocycles. The molecule has 2 heterocycles. The molecule has 3 rings (SSSR count). The van der Waals surface area contributed by atoms with Crippen LogP contribution in [0.1, 0.15) is 41.8 Å². The van der Waals surface area contributed by atoms with Crippen molar-refractivity contribution in [3.05, 3.63) is 35.0 Å². The van der Waals surface area contributed by atoms with Gasteiger partial charge >= 0.3 is 5.97 Å². The van der Waals surface area contributed by atoms with Crippen LogP contribution in [0.25, 0.3) is 10.9 Å². The molecular weight excluding hydrogens is 316 g/mol. The summed E-state index contributed by atoms with van der Waals surface area (Å²) >= 11 is 0. The molecule has 2 aromatic rings. The van der Waals surface area contributed by atoms with Gasteiger partial charge in [0.25, 0.3) is 0 Å². The van der Waals surface area contributed by atoms with E-state index < -0.39 is 6.10 Å². The second-order valence-corrected chi connectivity index (χ2v) is 6.92. The summed E-state index contributed by atoms with van der Waals surface area (Å²) in [6, 6.07) is 4.08. The maximum Gasteiger partial charge on any atom is 0.341 e. The quantitative estimate of drug-likeness (QED) is 0.868. The molecular formula is C20H26N2O3. The smallest absolute Gasteiger partial charge is 0.341 e. The third kappa shape index (κ3) is 3.21. The number of piperidine rings is 1. The zero-order chi connectivity index (χ0) is 18.1. The summed E-state index contributed by atoms with van der Waals surface area (Å²) in [6.45, 7) is 9.60. The van der Waals surface area contributed by atoms with E-state index in [1.54, 1.807) is 13.1 Å². The first-order valence-corrected chi connectivity index (χ1v) is 8.93. The highest BCUT2D eigenvalue weighted by Gasteiger charge is 2.29. The highest BCUT2D eigenvalue weighted by Crippen LogP contribution is 2.35. The third-order valence-corrected chi connectivity index (χ3v) is 5.27. The van der Waals surface area contributed by atoms with Gasteiger partial charge in [-0.2, -0.15) is 0 Å². The molecule has 0 bridgehead atoms. The first-order valence-electron chi connectivity index (χ1n) is 8.93. The average Bonchev–Trinajstić information content (AvgIpc) is 2.60. The Bertz CT molecular complexity index is 803. The van der Waals surface area contributed by atoms with Crippen LogP contribution in [-0.4, -0.2) is 41.9 Å². The average molecular weight is 342 g/mol. The van der Waals surface area contributed by atoms with Crippen LogP contribution in [0.15, 0.2) is 18.3 Å². The van der Waals surface area contributed by atoms with Crippen LogP contribution in [-0.2, 0) is 4.74 Å². The number of aromatic nitrogens is 1. The van der Waals surface area contributed by atoms with E-state index in [9.17, 15) is 9.90 Å². The number of aryl methyl sites for hydroxylation is 2. The standard InChI is InChI=1S/C20H26N2O3/c1-5-25-20(24)16-10-21-18-14(4)12(2)6-7-15(18)19(16)22-9-8-13(3)17(23)11-22/h6-7,10,13,17,23H,5,8-9,11H2,1-4H3. The lowest BCUT2D eigenvalue weighted by Crippen LogP contribution is -2.43. The molecule has 1 fully saturated rings. The highest BCUT2D eigenvalue weighted by atomic mass is 16.5. The molecule has 1 saturated heterocycles. The lowest BCUT2D eigenvalue weighted by atomic mass is 9.94. The van der Waals surface area contributed by atoms with Crippen molar-refractivity contribution in [3.63, 3.8) is 0 Å². The number of aliphatic hydroxyl groups excluding tert-OH is 1. The van der Waals surface area contributed by atoms with Crippen molar-refractivity contribution >= 4 is 22.6 Å². The predicted molar refractivity (Wildman–Crippen MR) is 99.2 cm³/mol. The van der Waals surface area contributed by atoms with E-state index in [1.165, 1.54) is 5.56 Å². The Morgan fingerprint density at radius 2 is 2.16 bits per heavy atom. The first kappa shape index (κ1) is 17.7. The van der Waals surface area contributed by atoms with Gasteiger partial charge in [-0.05, 0) is 44.2 Å². The Kier molecular flexibility index (Phi) is 4.95. The molecule has 2 atom stereocenters. The third-order valence-electron chi connectivity index (χ3n) is 5.27. The Labute approximate surface area is 148 Å². The molecule has 1 aromatic carbocycles. The monoisotopic (exact) mass is 342 g/mol. The predicted octanol–water partition coefficient (Wildman–Crippen LogP) is 3.24. The first-order chi connectivity index (χ1) is 11.9. The summed E-state index contributed by atoms with van der Waals surface area (Å²) in [5, 5.41) is 11.3. The number of nitrogens with zero attached hydrogens (tertiary/aromatic N) is 2. The number of carbonyl (C=O) groups excluding carboxylic acids is 1. The van der Waals surface area contributed by atoms with Gasteiger partial charge in [-0.25, -0.2) is 4.79 Å². The molecule has 5 heteroatoms. The summed E-state index contributed by atoms with van der Waals surface area (Å²) in [5.41, 5.74) is 4.48. The van der Waals surface area contributed by atoms with Gasteiger partial charge in [-0.15, -0.1) is 0 Å². The number of pyridine rings is 1. The Morgan fingerprint density at radius 3 is 2.84 bits per heavy atom. The molecule has 2 unspecified atom stereocenters. The molecule has 1 aliphatic rings. The minimum Gasteiger partial charge on any atom is -0.462 e. The van der Waals surface area contributed by atoms with Crippen LogP contribution in [0.4, 0.5) is 5.69 Å². The number of hydrogen-bond acceptors (Lipinski definition) is 5. The van der Waals surface area contributed by atoms with Crippen molar-refractivity contribution < 1.29 is 14.6 Å². The highest BCUT2D eigenvalue weighted by molar-refractivity contribution is 6.06. The van der Waals surface area contributed by atoms with Crippen molar-refractivity contribution in [2.24, 2.45) is 5.92 Å². The zero-order valence-corrected chi connectivity index (χ0v) is 15.4. The minimum absolute atomic E-state index is 0.263. The molecule has 1 aromatic heterocycles. The minimum atomic E-state index is -0.404. The number of β-amino-alcohol motifs (C(OH)–C–C–N with tert-alkyl or cyclic N) is 1. The Morgan fingerprint density at radius 1 is 1.40 bits per heavy atom. The van der Waals surface area contributed by atoms with Gasteiger partial charge in [0.05, 0.1) is 23.9 Å². The van der Waals surface area contributed by atoms with E-state index in [4.69, 9.17) is 4.74 Å². The van der Waals surface area contributed by atoms with Gasteiger partial charge in [0.1, 0.15) is 5.56 Å². The number of fused-ring (bicyclic) bond motifs is 1. The van der Waals surface area contributed by atoms with Gasteiger partial charge in [0.15, 0.2) is 0 Å². The van der Waals surface area contributed by atoms with Gasteiger partial charge in [0.2, 0.25) is 0 Å². The zero-order valence-electron chi connectivity index (χ0n) is 15.4. The largest absolute Gasteiger partial charge is 0.462 e. The number of rotatable bonds is 3. The summed E-state index contributed by atoms with van der Waals surface area (Å²) < 4.78 is 5.24. The molecule has 0 aliphatic carbocycles. The van der Waals surface area contributed by atoms with Gasteiger partial charge in [0, 0.05) is 24.7 Å². The Hall–Kier alpha value is -2.14. The van der Waals surface area contributed by atoms with E-state index in [2.05, 4.69) is 29.8 Å². The molecule has 1 aliphatic heterocycles. The second kappa shape index (κ2) is 7.00. The molecule has 0 spiro atoms. The van der Waals surface area contributed by atoms with Crippen molar-refractivity contribution in [3.8, 4) is 0 Å². The van der Waals surface area contributed by atoms with Crippen LogP contribution in [0.2, 0.25) is 0 Å². The number of benzene rings is 1. The fourth-order valence-electron chi connectivity index (χ4n) is 3.44. The summed E-state index contributed by atoms with van der Waals surface area (Å²) in [6.07, 6.45) is 2.10. The van der Waals surface area contributed by atoms with Crippen LogP contribution in [0, 0.1) is 19.8 Å². The Balaban J connectivity index is 2.19. The molecule has 1 N–H and O–H groups in total. The van der Waals surface area contributed by atoms with Gasteiger partial charge in [-0.1, -0.05) is 19.1 Å². The lowest BCUT2D eigenvalue weighted by Gasteiger charge is -2.37. The van der Waals surface area contributed by atoms with Crippen LogP contribution in [0.5, 0.6) is 0 Å². The number of anilines is 1. The van der Waals surface area contributed by atoms with Gasteiger partial charge < -0.3 is 14.7 Å². The molecule has 0 radical (unpaired) electrons. The van der Waals surface area contributed by atoms with Crippen LogP contribution < -0.4 is 4.90 Å². The summed E-state index contributed by atoms with van der Waals surface area (Å²) in [5.74, 6) is -0.0994. The number of ether oxygens (including phenoxy) is 1. The van der Waals surface area contributed by atoms with Crippen molar-refractivity contribution in [2.45, 2.75) is 40.2 Å². The van der Waals surface area contributed by atoms with E-state index in [-0.39, 0.29) is 11.9 Å². The molecule has 25 heavy (non-hydrogen) atoms. The van der Waals surface area contributed by atoms with Crippen molar-refractivity contribution in [1.82, 2.24) is 4.98 Å². The summed E-state index contributed by atoms with van der Waals surface area (Å²) in [4.78, 5) is 19.1. The van der Waals surface area contributed by atoms with E-state index in [0.717, 1.165) is 35.1 Å². The van der Waals surface area contributed by atoms with Crippen molar-refractivity contribution in [1.29, 1.82) is 0 Å². The maximum absolute atomic E-state index is 12.5. The lowest BCUT2D eigenvalue weighted by molar-refractivity contribution is 0.0525. The van der Waals surface area contributed by atoms with Crippen LogP contribution >= 0.6 is 0 Å². The number of hydrogen-bond donors (Lipinski definition) is 1. The molecule has 0 amide bonds. The van der Waals surface area contributed by atoms with Gasteiger partial charge in [-0.3, -0.25) is 4.98 Å². The fraction of sp³-hybridized carbons (Fsp3) is 0.500. The van der Waals surface area contributed by atoms with E-state index in [1.807, 2.05) is 13.0 Å². The SMILES string of the molecule is CCOC(=O)c1cnc2c(C)c(C)ccc2c1N1CCC(C)C(O)C1. The number of carbonyl (C=O) groups is 1. The second-order valence-electron chi connectivity index (χ2n) is 6.92. The fourth-order valence-corrected chi connectivity index (χ4v) is 3.44. The van der Waals surface area contributed by atoms with Crippen molar-refractivity contribution in [2.75, 3.05) is 24.6 Å². The topological polar surface area (TPSA) is 62.7 Å². The van der Waals surface area contributed by atoms with E-state index in [0.29, 0.717) is 18.7 Å². The maximum atomic E-state index is 12.5. The van der Waals surface area contributed by atoms with E-state index >= 15 is 0 Å². The van der Waals surface area contributed by atoms with Crippen LogP contribution in [0.3, 0.4) is 0 Å². The number of esters is 1. The molecule has 134 valence electrons. The number of aliphatic hydroxyl groups is 1. The normalized spacial score (nSPS) is 20.8. The summed E-state index contributed by atoms with van der Waals surface area (Å²) in [7, 11) is 0. The molecule has 5 nitrogen and oxygen atoms in total.